The van der Waals surface area contributed by atoms with Crippen molar-refractivity contribution in [1.29, 1.82) is 0 Å². The summed E-state index contributed by atoms with van der Waals surface area (Å²) in [4.78, 5) is 8.12. The highest BCUT2D eigenvalue weighted by Crippen LogP contribution is 2.45. The summed E-state index contributed by atoms with van der Waals surface area (Å²) in [6.07, 6.45) is 1.45. The van der Waals surface area contributed by atoms with Crippen LogP contribution in [-0.2, 0) is 4.74 Å². The highest BCUT2D eigenvalue weighted by Gasteiger charge is 2.32. The lowest BCUT2D eigenvalue weighted by Gasteiger charge is -2.22. The van der Waals surface area contributed by atoms with Crippen LogP contribution in [0.5, 0.6) is 11.6 Å². The minimum atomic E-state index is -0.671. The number of aromatic hydroxyl groups is 1. The van der Waals surface area contributed by atoms with Crippen molar-refractivity contribution in [2.75, 3.05) is 33.1 Å². The Labute approximate surface area is 161 Å². The summed E-state index contributed by atoms with van der Waals surface area (Å²) in [6, 6.07) is 0. The second-order valence-corrected chi connectivity index (χ2v) is 7.48. The van der Waals surface area contributed by atoms with Crippen LogP contribution in [0.4, 0.5) is 4.39 Å². The number of benzene rings is 1. The van der Waals surface area contributed by atoms with Gasteiger partial charge in [-0.3, -0.25) is 0 Å². The Kier molecular flexibility index (Phi) is 5.89. The molecule has 3 rings (SSSR count). The third kappa shape index (κ3) is 3.52. The minimum Gasteiger partial charge on any atom is -0.493 e. The predicted molar refractivity (Wildman–Crippen MR) is 98.3 cm³/mol. The van der Waals surface area contributed by atoms with E-state index in [-0.39, 0.29) is 49.2 Å². The molecule has 0 aliphatic carbocycles. The number of nitrogens with one attached hydrogen (secondary N) is 1. The third-order valence-corrected chi connectivity index (χ3v) is 5.83. The summed E-state index contributed by atoms with van der Waals surface area (Å²) in [5.41, 5.74) is -0.0489. The van der Waals surface area contributed by atoms with Crippen LogP contribution in [0.3, 0.4) is 0 Å². The van der Waals surface area contributed by atoms with Crippen LogP contribution < -0.4 is 10.1 Å². The number of nitrogens with zero attached hydrogens (tertiary/aromatic N) is 2. The van der Waals surface area contributed by atoms with Gasteiger partial charge in [-0.05, 0) is 29.2 Å². The monoisotopic (exact) mass is 451 g/mol. The zero-order chi connectivity index (χ0) is 18.1. The van der Waals surface area contributed by atoms with E-state index in [2.05, 4.69) is 31.2 Å². The maximum absolute atomic E-state index is 14.6. The molecule has 2 atom stereocenters. The van der Waals surface area contributed by atoms with Gasteiger partial charge in [-0.2, -0.15) is 4.98 Å². The molecule has 1 aliphatic heterocycles. The van der Waals surface area contributed by atoms with Crippen LogP contribution in [0.15, 0.2) is 9.63 Å². The zero-order valence-electron chi connectivity index (χ0n) is 13.5. The van der Waals surface area contributed by atoms with Gasteiger partial charge in [-0.15, -0.1) is 0 Å². The summed E-state index contributed by atoms with van der Waals surface area (Å²) in [5.74, 6) is -0.795. The van der Waals surface area contributed by atoms with Crippen molar-refractivity contribution in [3.8, 4) is 11.6 Å². The third-order valence-electron chi connectivity index (χ3n) is 3.95. The molecule has 1 saturated heterocycles. The van der Waals surface area contributed by atoms with Gasteiger partial charge < -0.3 is 19.9 Å². The molecule has 2 heterocycles. The summed E-state index contributed by atoms with van der Waals surface area (Å²) in [6.45, 7) is 1.62. The van der Waals surface area contributed by atoms with Crippen LogP contribution in [-0.4, -0.2) is 54.2 Å². The van der Waals surface area contributed by atoms with Crippen LogP contribution in [0, 0.1) is 11.7 Å². The van der Waals surface area contributed by atoms with Crippen molar-refractivity contribution in [2.45, 2.75) is 11.3 Å². The lowest BCUT2D eigenvalue weighted by Crippen LogP contribution is -2.32. The Hall–Kier alpha value is -0.870. The highest BCUT2D eigenvalue weighted by atomic mass is 79.9. The van der Waals surface area contributed by atoms with Crippen LogP contribution in [0.2, 0.25) is 5.02 Å². The molecule has 0 saturated carbocycles. The minimum absolute atomic E-state index is 0.0240. The fourth-order valence-electron chi connectivity index (χ4n) is 2.72. The zero-order valence-corrected chi connectivity index (χ0v) is 16.6. The van der Waals surface area contributed by atoms with E-state index in [1.165, 1.54) is 11.8 Å². The number of aromatic nitrogens is 2. The van der Waals surface area contributed by atoms with Crippen molar-refractivity contribution in [3.05, 3.63) is 15.3 Å². The second-order valence-electron chi connectivity index (χ2n) is 5.54. The lowest BCUT2D eigenvalue weighted by molar-refractivity contribution is 0.138. The number of halogens is 3. The van der Waals surface area contributed by atoms with Crippen molar-refractivity contribution in [1.82, 2.24) is 15.3 Å². The molecule has 10 heteroatoms. The molecular weight excluding hydrogens is 437 g/mol. The summed E-state index contributed by atoms with van der Waals surface area (Å²) >= 11 is 10.6. The molecule has 0 amide bonds. The van der Waals surface area contributed by atoms with E-state index in [0.29, 0.717) is 19.8 Å². The molecular formula is C15H16BrClFN3O3S. The van der Waals surface area contributed by atoms with Crippen LogP contribution in [0.25, 0.3) is 10.9 Å². The van der Waals surface area contributed by atoms with Crippen LogP contribution >= 0.6 is 39.3 Å². The Bertz CT molecular complexity index is 814. The van der Waals surface area contributed by atoms with Gasteiger partial charge in [-0.1, -0.05) is 23.4 Å². The SMILES string of the molecule is CNCC1COCC1Oc1c(Cl)c(Br)c(F)c2nc(SC)nc(O)c12. The fourth-order valence-corrected chi connectivity index (χ4v) is 3.67. The van der Waals surface area contributed by atoms with Crippen molar-refractivity contribution in [3.63, 3.8) is 0 Å². The van der Waals surface area contributed by atoms with E-state index in [1.807, 2.05) is 7.05 Å². The quantitative estimate of drug-likeness (QED) is 0.410. The molecule has 2 aromatic rings. The summed E-state index contributed by atoms with van der Waals surface area (Å²) in [7, 11) is 1.84. The Balaban J connectivity index is 2.14. The van der Waals surface area contributed by atoms with E-state index in [4.69, 9.17) is 21.1 Å². The van der Waals surface area contributed by atoms with Gasteiger partial charge in [0.25, 0.3) is 0 Å². The highest BCUT2D eigenvalue weighted by molar-refractivity contribution is 9.10. The van der Waals surface area contributed by atoms with Crippen molar-refractivity contribution >= 4 is 50.2 Å². The summed E-state index contributed by atoms with van der Waals surface area (Å²) < 4.78 is 26.2. The number of hydrogen-bond acceptors (Lipinski definition) is 7. The number of hydrogen-bond donors (Lipinski definition) is 2. The molecule has 2 N–H and O–H groups in total. The maximum atomic E-state index is 14.6. The number of fused-ring (bicyclic) bond motifs is 1. The molecule has 25 heavy (non-hydrogen) atoms. The average molecular weight is 453 g/mol. The molecule has 0 spiro atoms. The molecule has 2 unspecified atom stereocenters. The van der Waals surface area contributed by atoms with Gasteiger partial charge in [0.2, 0.25) is 5.88 Å². The van der Waals surface area contributed by atoms with E-state index < -0.39 is 5.82 Å². The molecule has 1 aromatic heterocycles. The summed E-state index contributed by atoms with van der Waals surface area (Å²) in [5, 5.41) is 13.7. The number of thioether (sulfide) groups is 1. The smallest absolute Gasteiger partial charge is 0.226 e. The van der Waals surface area contributed by atoms with Gasteiger partial charge in [0, 0.05) is 12.5 Å². The number of ether oxygens (including phenoxy) is 2. The van der Waals surface area contributed by atoms with Crippen LogP contribution in [0.1, 0.15) is 0 Å². The molecule has 6 nitrogen and oxygen atoms in total. The second kappa shape index (κ2) is 7.79. The first kappa shape index (κ1) is 18.9. The maximum Gasteiger partial charge on any atom is 0.226 e. The Morgan fingerprint density at radius 1 is 1.48 bits per heavy atom. The van der Waals surface area contributed by atoms with Gasteiger partial charge in [-0.25, -0.2) is 9.37 Å². The van der Waals surface area contributed by atoms with Gasteiger partial charge in [0.15, 0.2) is 16.7 Å². The van der Waals surface area contributed by atoms with Gasteiger partial charge in [0.05, 0.1) is 17.7 Å². The predicted octanol–water partition coefficient (Wildman–Crippen LogP) is 3.23. The van der Waals surface area contributed by atoms with E-state index in [9.17, 15) is 9.50 Å². The lowest BCUT2D eigenvalue weighted by atomic mass is 10.1. The Morgan fingerprint density at radius 2 is 2.24 bits per heavy atom. The van der Waals surface area contributed by atoms with E-state index >= 15 is 0 Å². The first-order valence-electron chi connectivity index (χ1n) is 7.48. The van der Waals surface area contributed by atoms with E-state index in [1.54, 1.807) is 6.26 Å². The van der Waals surface area contributed by atoms with Gasteiger partial charge in [0.1, 0.15) is 22.0 Å². The van der Waals surface area contributed by atoms with Crippen molar-refractivity contribution < 1.29 is 19.0 Å². The molecule has 1 fully saturated rings. The standard InChI is InChI=1S/C15H16BrClFN3O3S/c1-19-3-6-4-23-5-7(6)24-13-8-12(11(18)9(16)10(13)17)20-15(25-2)21-14(8)22/h6-7,19H,3-5H2,1-2H3,(H,20,21,22). The molecule has 0 radical (unpaired) electrons. The Morgan fingerprint density at radius 3 is 2.92 bits per heavy atom. The first-order valence-corrected chi connectivity index (χ1v) is 9.87. The topological polar surface area (TPSA) is 76.5 Å². The molecule has 136 valence electrons. The molecule has 1 aromatic carbocycles. The molecule has 1 aliphatic rings. The fraction of sp³-hybridized carbons (Fsp3) is 0.467. The average Bonchev–Trinajstić information content (AvgIpc) is 3.03. The molecule has 0 bridgehead atoms. The number of rotatable bonds is 5. The van der Waals surface area contributed by atoms with E-state index in [0.717, 1.165) is 0 Å². The first-order chi connectivity index (χ1) is 12.0. The van der Waals surface area contributed by atoms with Crippen molar-refractivity contribution in [2.24, 2.45) is 5.92 Å². The largest absolute Gasteiger partial charge is 0.493 e. The normalized spacial score (nSPS) is 20.4. The van der Waals surface area contributed by atoms with Gasteiger partial charge >= 0.3 is 0 Å².